The van der Waals surface area contributed by atoms with Gasteiger partial charge in [0.2, 0.25) is 0 Å². The minimum Gasteiger partial charge on any atom is -0.456 e. The highest BCUT2D eigenvalue weighted by atomic mass is 16.3. The first-order chi connectivity index (χ1) is 21.8. The van der Waals surface area contributed by atoms with Gasteiger partial charge in [0.05, 0.1) is 5.41 Å². The lowest BCUT2D eigenvalue weighted by Gasteiger charge is -2.34. The lowest BCUT2D eigenvalue weighted by Crippen LogP contribution is -2.28. The van der Waals surface area contributed by atoms with Gasteiger partial charge in [-0.15, -0.1) is 0 Å². The molecule has 1 nitrogen and oxygen atoms in total. The molecule has 44 heavy (non-hydrogen) atoms. The summed E-state index contributed by atoms with van der Waals surface area (Å²) in [5, 5.41) is 2.26. The molecule has 0 amide bonds. The highest BCUT2D eigenvalue weighted by Gasteiger charge is 2.47. The summed E-state index contributed by atoms with van der Waals surface area (Å²) < 4.78 is 6.95. The van der Waals surface area contributed by atoms with Gasteiger partial charge in [0.15, 0.2) is 0 Å². The van der Waals surface area contributed by atoms with Crippen LogP contribution in [0.3, 0.4) is 0 Å². The molecule has 1 aliphatic carbocycles. The van der Waals surface area contributed by atoms with Gasteiger partial charge in [-0.3, -0.25) is 0 Å². The topological polar surface area (TPSA) is 13.1 Å². The van der Waals surface area contributed by atoms with E-state index in [9.17, 15) is 0 Å². The third kappa shape index (κ3) is 3.53. The van der Waals surface area contributed by atoms with Crippen molar-refractivity contribution in [3.05, 3.63) is 192 Å². The van der Waals surface area contributed by atoms with Gasteiger partial charge >= 0.3 is 0 Å². The molecule has 0 radical (unpaired) electrons. The molecule has 0 bridgehead atoms. The van der Waals surface area contributed by atoms with E-state index in [1.165, 1.54) is 50.1 Å². The normalized spacial score (nSPS) is 13.2. The van der Waals surface area contributed by atoms with Crippen LogP contribution < -0.4 is 0 Å². The minimum absolute atomic E-state index is 0.562. The molecule has 0 aliphatic heterocycles. The molecule has 8 aromatic rings. The van der Waals surface area contributed by atoms with Crippen molar-refractivity contribution in [2.45, 2.75) is 5.41 Å². The van der Waals surface area contributed by atoms with Crippen LogP contribution in [-0.4, -0.2) is 0 Å². The quantitative estimate of drug-likeness (QED) is 0.209. The van der Waals surface area contributed by atoms with Gasteiger partial charge in [0.25, 0.3) is 0 Å². The summed E-state index contributed by atoms with van der Waals surface area (Å²) in [7, 11) is 0. The highest BCUT2D eigenvalue weighted by Crippen LogP contribution is 2.58. The Morgan fingerprint density at radius 3 is 1.52 bits per heavy atom. The molecule has 1 aliphatic rings. The first-order valence-corrected chi connectivity index (χ1v) is 15.2. The lowest BCUT2D eigenvalue weighted by molar-refractivity contribution is 0.648. The van der Waals surface area contributed by atoms with Crippen LogP contribution >= 0.6 is 0 Å². The standard InChI is InChI=1S/C43H28O/c1-4-14-29(15-5-1)31-24-25-41-36(26-31)37-27-32(30-16-6-2-7-17-30)28-40(42(37)44-41)43(33-18-8-3-9-19-33)38-22-12-10-20-34(38)35-21-11-13-23-39(35)43/h1-28H. The van der Waals surface area contributed by atoms with E-state index in [1.807, 2.05) is 0 Å². The van der Waals surface area contributed by atoms with E-state index in [4.69, 9.17) is 4.42 Å². The Morgan fingerprint density at radius 1 is 0.364 bits per heavy atom. The summed E-state index contributed by atoms with van der Waals surface area (Å²) in [6, 6.07) is 61.4. The average Bonchev–Trinajstić information content (AvgIpc) is 3.63. The zero-order chi connectivity index (χ0) is 29.1. The van der Waals surface area contributed by atoms with Crippen LogP contribution in [0.5, 0.6) is 0 Å². The fourth-order valence-electron chi connectivity index (χ4n) is 7.44. The van der Waals surface area contributed by atoms with Crippen LogP contribution in [0, 0.1) is 0 Å². The van der Waals surface area contributed by atoms with Crippen molar-refractivity contribution in [1.82, 2.24) is 0 Å². The molecule has 9 rings (SSSR count). The van der Waals surface area contributed by atoms with E-state index in [2.05, 4.69) is 170 Å². The second-order valence-electron chi connectivity index (χ2n) is 11.7. The van der Waals surface area contributed by atoms with Gasteiger partial charge in [0.1, 0.15) is 11.2 Å². The summed E-state index contributed by atoms with van der Waals surface area (Å²) >= 11 is 0. The largest absolute Gasteiger partial charge is 0.456 e. The molecule has 0 saturated carbocycles. The van der Waals surface area contributed by atoms with Gasteiger partial charge in [-0.25, -0.2) is 0 Å². The van der Waals surface area contributed by atoms with Crippen molar-refractivity contribution >= 4 is 21.9 Å². The third-order valence-electron chi connectivity index (χ3n) is 9.35. The second kappa shape index (κ2) is 9.69. The van der Waals surface area contributed by atoms with Crippen LogP contribution in [0.1, 0.15) is 22.3 Å². The van der Waals surface area contributed by atoms with Gasteiger partial charge < -0.3 is 4.42 Å². The molecule has 1 heterocycles. The van der Waals surface area contributed by atoms with Gasteiger partial charge in [0, 0.05) is 16.3 Å². The number of fused-ring (bicyclic) bond motifs is 6. The maximum atomic E-state index is 6.95. The predicted octanol–water partition coefficient (Wildman–Crippen LogP) is 11.3. The van der Waals surface area contributed by atoms with E-state index in [1.54, 1.807) is 0 Å². The summed E-state index contributed by atoms with van der Waals surface area (Å²) in [4.78, 5) is 0. The number of hydrogen-bond acceptors (Lipinski definition) is 1. The number of hydrogen-bond donors (Lipinski definition) is 0. The van der Waals surface area contributed by atoms with Crippen LogP contribution in [0.4, 0.5) is 0 Å². The van der Waals surface area contributed by atoms with E-state index in [0.29, 0.717) is 0 Å². The molecule has 7 aromatic carbocycles. The number of rotatable bonds is 4. The molecular formula is C43H28O. The monoisotopic (exact) mass is 560 g/mol. The lowest BCUT2D eigenvalue weighted by atomic mass is 9.67. The van der Waals surface area contributed by atoms with Crippen LogP contribution in [-0.2, 0) is 5.41 Å². The van der Waals surface area contributed by atoms with E-state index in [-0.39, 0.29) is 0 Å². The molecule has 0 N–H and O–H groups in total. The Hall–Kier alpha value is -5.66. The average molecular weight is 561 g/mol. The van der Waals surface area contributed by atoms with Gasteiger partial charge in [-0.2, -0.15) is 0 Å². The maximum absolute atomic E-state index is 6.95. The molecule has 0 unspecified atom stereocenters. The van der Waals surface area contributed by atoms with E-state index >= 15 is 0 Å². The first-order valence-electron chi connectivity index (χ1n) is 15.2. The highest BCUT2D eigenvalue weighted by molar-refractivity contribution is 6.10. The molecule has 0 atom stereocenters. The SMILES string of the molecule is c1ccc(-c2ccc3oc4c(C5(c6ccccc6)c6ccccc6-c6ccccc65)cc(-c5ccccc5)cc4c3c2)cc1. The van der Waals surface area contributed by atoms with E-state index < -0.39 is 5.41 Å². The van der Waals surface area contributed by atoms with Crippen molar-refractivity contribution in [3.8, 4) is 33.4 Å². The second-order valence-corrected chi connectivity index (χ2v) is 11.7. The molecule has 206 valence electrons. The predicted molar refractivity (Wildman–Crippen MR) is 182 cm³/mol. The summed E-state index contributed by atoms with van der Waals surface area (Å²) in [5.74, 6) is 0. The fraction of sp³-hybridized carbons (Fsp3) is 0.0233. The number of benzene rings is 7. The Labute approximate surface area is 256 Å². The summed E-state index contributed by atoms with van der Waals surface area (Å²) in [6.07, 6.45) is 0. The van der Waals surface area contributed by atoms with E-state index in [0.717, 1.165) is 27.5 Å². The van der Waals surface area contributed by atoms with Crippen LogP contribution in [0.25, 0.3) is 55.3 Å². The van der Waals surface area contributed by atoms with Gasteiger partial charge in [-0.1, -0.05) is 146 Å². The fourth-order valence-corrected chi connectivity index (χ4v) is 7.44. The number of furan rings is 1. The van der Waals surface area contributed by atoms with Crippen molar-refractivity contribution in [2.75, 3.05) is 0 Å². The zero-order valence-corrected chi connectivity index (χ0v) is 24.1. The van der Waals surface area contributed by atoms with Crippen molar-refractivity contribution in [1.29, 1.82) is 0 Å². The molecule has 0 spiro atoms. The Kier molecular flexibility index (Phi) is 5.48. The Bertz CT molecular complexity index is 2270. The minimum atomic E-state index is -0.562. The molecule has 1 aromatic heterocycles. The maximum Gasteiger partial charge on any atom is 0.140 e. The Morgan fingerprint density at radius 2 is 0.886 bits per heavy atom. The van der Waals surface area contributed by atoms with Crippen molar-refractivity contribution in [3.63, 3.8) is 0 Å². The molecule has 1 heteroatoms. The zero-order valence-electron chi connectivity index (χ0n) is 24.1. The molecule has 0 saturated heterocycles. The Balaban J connectivity index is 1.46. The smallest absolute Gasteiger partial charge is 0.140 e. The summed E-state index contributed by atoms with van der Waals surface area (Å²) in [6.45, 7) is 0. The van der Waals surface area contributed by atoms with Crippen molar-refractivity contribution < 1.29 is 4.42 Å². The van der Waals surface area contributed by atoms with Crippen LogP contribution in [0.15, 0.2) is 174 Å². The van der Waals surface area contributed by atoms with Crippen LogP contribution in [0.2, 0.25) is 0 Å². The van der Waals surface area contributed by atoms with Gasteiger partial charge in [-0.05, 0) is 74.3 Å². The summed E-state index contributed by atoms with van der Waals surface area (Å²) in [5.41, 5.74) is 13.5. The molecule has 0 fully saturated rings. The third-order valence-corrected chi connectivity index (χ3v) is 9.35. The van der Waals surface area contributed by atoms with Crippen molar-refractivity contribution in [2.24, 2.45) is 0 Å². The molecular weight excluding hydrogens is 532 g/mol. The first kappa shape index (κ1) is 24.9.